The Bertz CT molecular complexity index is 766. The van der Waals surface area contributed by atoms with Crippen molar-refractivity contribution in [3.8, 4) is 11.5 Å². The molecule has 0 aromatic heterocycles. The summed E-state index contributed by atoms with van der Waals surface area (Å²) in [5.41, 5.74) is 1.53. The van der Waals surface area contributed by atoms with Crippen LogP contribution in [0.1, 0.15) is 12.5 Å². The van der Waals surface area contributed by atoms with Crippen LogP contribution in [0.4, 0.5) is 10.1 Å². The second-order valence-corrected chi connectivity index (χ2v) is 6.05. The Balaban J connectivity index is 1.62. The Labute approximate surface area is 146 Å². The molecule has 1 aliphatic rings. The van der Waals surface area contributed by atoms with Crippen molar-refractivity contribution in [1.82, 2.24) is 4.90 Å². The van der Waals surface area contributed by atoms with Crippen LogP contribution in [0.25, 0.3) is 0 Å². The molecule has 0 bridgehead atoms. The van der Waals surface area contributed by atoms with Gasteiger partial charge in [-0.1, -0.05) is 12.1 Å². The number of carbonyl (C=O) groups excluding carboxylic acids is 1. The van der Waals surface area contributed by atoms with Crippen LogP contribution in [-0.2, 0) is 11.3 Å². The molecule has 0 spiro atoms. The van der Waals surface area contributed by atoms with Gasteiger partial charge in [-0.2, -0.15) is 0 Å². The van der Waals surface area contributed by atoms with Gasteiger partial charge in [0, 0.05) is 25.3 Å². The van der Waals surface area contributed by atoms with Crippen LogP contribution in [0.15, 0.2) is 42.5 Å². The van der Waals surface area contributed by atoms with Crippen LogP contribution in [0.2, 0.25) is 0 Å². The highest BCUT2D eigenvalue weighted by atomic mass is 19.1. The zero-order valence-electron chi connectivity index (χ0n) is 14.3. The van der Waals surface area contributed by atoms with E-state index in [1.54, 1.807) is 31.0 Å². The standard InChI is InChI=1S/C19H21FN2O3/c1-13(19(23)22(2)12-14-4-3-5-15(20)10-14)21-16-6-7-17-18(11-16)25-9-8-24-17/h3-7,10-11,13,21H,8-9,12H2,1-2H3. The third kappa shape index (κ3) is 4.21. The highest BCUT2D eigenvalue weighted by molar-refractivity contribution is 5.84. The molecule has 1 heterocycles. The Hall–Kier alpha value is -2.76. The fourth-order valence-electron chi connectivity index (χ4n) is 2.76. The van der Waals surface area contributed by atoms with E-state index in [0.717, 1.165) is 11.3 Å². The summed E-state index contributed by atoms with van der Waals surface area (Å²) in [6.07, 6.45) is 0. The minimum Gasteiger partial charge on any atom is -0.486 e. The average Bonchev–Trinajstić information content (AvgIpc) is 2.61. The molecule has 132 valence electrons. The van der Waals surface area contributed by atoms with Gasteiger partial charge in [0.15, 0.2) is 11.5 Å². The molecule has 6 heteroatoms. The fraction of sp³-hybridized carbons (Fsp3) is 0.316. The Kier molecular flexibility index (Phi) is 5.07. The average molecular weight is 344 g/mol. The molecule has 0 radical (unpaired) electrons. The summed E-state index contributed by atoms with van der Waals surface area (Å²) in [6.45, 7) is 3.20. The van der Waals surface area contributed by atoms with Gasteiger partial charge < -0.3 is 19.7 Å². The van der Waals surface area contributed by atoms with Gasteiger partial charge in [0.1, 0.15) is 25.1 Å². The predicted octanol–water partition coefficient (Wildman–Crippen LogP) is 3.06. The molecular weight excluding hydrogens is 323 g/mol. The van der Waals surface area contributed by atoms with Gasteiger partial charge in [-0.25, -0.2) is 4.39 Å². The first-order valence-electron chi connectivity index (χ1n) is 8.18. The molecule has 2 aromatic rings. The topological polar surface area (TPSA) is 50.8 Å². The summed E-state index contributed by atoms with van der Waals surface area (Å²) < 4.78 is 24.3. The van der Waals surface area contributed by atoms with Gasteiger partial charge in [0.05, 0.1) is 0 Å². The molecule has 1 aliphatic heterocycles. The normalized spacial score (nSPS) is 13.9. The van der Waals surface area contributed by atoms with E-state index < -0.39 is 6.04 Å². The molecule has 1 N–H and O–H groups in total. The summed E-state index contributed by atoms with van der Waals surface area (Å²) in [4.78, 5) is 14.1. The highest BCUT2D eigenvalue weighted by Gasteiger charge is 2.19. The van der Waals surface area contributed by atoms with Crippen molar-refractivity contribution in [1.29, 1.82) is 0 Å². The van der Waals surface area contributed by atoms with E-state index in [4.69, 9.17) is 9.47 Å². The molecule has 1 amide bonds. The molecule has 0 saturated heterocycles. The minimum atomic E-state index is -0.430. The third-order valence-corrected chi connectivity index (χ3v) is 3.98. The first kappa shape index (κ1) is 17.1. The number of likely N-dealkylation sites (N-methyl/N-ethyl adjacent to an activating group) is 1. The lowest BCUT2D eigenvalue weighted by molar-refractivity contribution is -0.130. The van der Waals surface area contributed by atoms with Crippen LogP contribution >= 0.6 is 0 Å². The molecule has 0 fully saturated rings. The lowest BCUT2D eigenvalue weighted by Crippen LogP contribution is -2.38. The van der Waals surface area contributed by atoms with Crippen molar-refractivity contribution >= 4 is 11.6 Å². The molecule has 2 aromatic carbocycles. The number of fused-ring (bicyclic) bond motifs is 1. The molecule has 0 aliphatic carbocycles. The number of ether oxygens (including phenoxy) is 2. The zero-order valence-corrected chi connectivity index (χ0v) is 14.3. The van der Waals surface area contributed by atoms with Crippen molar-refractivity contribution in [3.63, 3.8) is 0 Å². The number of halogens is 1. The van der Waals surface area contributed by atoms with Crippen molar-refractivity contribution in [2.75, 3.05) is 25.6 Å². The van der Waals surface area contributed by atoms with Gasteiger partial charge in [-0.15, -0.1) is 0 Å². The van der Waals surface area contributed by atoms with Gasteiger partial charge in [0.25, 0.3) is 0 Å². The van der Waals surface area contributed by atoms with E-state index in [-0.39, 0.29) is 11.7 Å². The van der Waals surface area contributed by atoms with Gasteiger partial charge in [-0.3, -0.25) is 4.79 Å². The second kappa shape index (κ2) is 7.42. The number of benzene rings is 2. The summed E-state index contributed by atoms with van der Waals surface area (Å²) >= 11 is 0. The van der Waals surface area contributed by atoms with Crippen LogP contribution in [-0.4, -0.2) is 37.1 Å². The van der Waals surface area contributed by atoms with E-state index in [1.807, 2.05) is 18.2 Å². The summed E-state index contributed by atoms with van der Waals surface area (Å²) in [5.74, 6) is 0.989. The number of nitrogens with one attached hydrogen (secondary N) is 1. The molecule has 1 atom stereocenters. The SMILES string of the molecule is CC(Nc1ccc2c(c1)OCCO2)C(=O)N(C)Cc1cccc(F)c1. The summed E-state index contributed by atoms with van der Waals surface area (Å²) in [6, 6.07) is 11.3. The van der Waals surface area contributed by atoms with Crippen molar-refractivity contribution in [3.05, 3.63) is 53.8 Å². The van der Waals surface area contributed by atoms with Crippen molar-refractivity contribution in [2.24, 2.45) is 0 Å². The van der Waals surface area contributed by atoms with Crippen molar-refractivity contribution < 1.29 is 18.7 Å². The minimum absolute atomic E-state index is 0.0841. The summed E-state index contributed by atoms with van der Waals surface area (Å²) in [5, 5.41) is 3.17. The maximum absolute atomic E-state index is 13.3. The Morgan fingerprint density at radius 1 is 1.20 bits per heavy atom. The maximum Gasteiger partial charge on any atom is 0.244 e. The first-order valence-corrected chi connectivity index (χ1v) is 8.18. The van der Waals surface area contributed by atoms with Gasteiger partial charge >= 0.3 is 0 Å². The molecular formula is C19H21FN2O3. The lowest BCUT2D eigenvalue weighted by atomic mass is 10.2. The van der Waals surface area contributed by atoms with Crippen LogP contribution in [0, 0.1) is 5.82 Å². The van der Waals surface area contributed by atoms with Gasteiger partial charge in [0.2, 0.25) is 5.91 Å². The number of nitrogens with zero attached hydrogens (tertiary/aromatic N) is 1. The predicted molar refractivity (Wildman–Crippen MR) is 93.4 cm³/mol. The number of carbonyl (C=O) groups is 1. The van der Waals surface area contributed by atoms with Crippen LogP contribution in [0.3, 0.4) is 0 Å². The summed E-state index contributed by atoms with van der Waals surface area (Å²) in [7, 11) is 1.70. The smallest absolute Gasteiger partial charge is 0.244 e. The van der Waals surface area contributed by atoms with E-state index in [9.17, 15) is 9.18 Å². The first-order chi connectivity index (χ1) is 12.0. The fourth-order valence-corrected chi connectivity index (χ4v) is 2.76. The maximum atomic E-state index is 13.3. The highest BCUT2D eigenvalue weighted by Crippen LogP contribution is 2.32. The van der Waals surface area contributed by atoms with E-state index in [0.29, 0.717) is 31.3 Å². The quantitative estimate of drug-likeness (QED) is 0.906. The number of hydrogen-bond acceptors (Lipinski definition) is 4. The van der Waals surface area contributed by atoms with E-state index in [1.165, 1.54) is 12.1 Å². The number of hydrogen-bond donors (Lipinski definition) is 1. The molecule has 0 saturated carbocycles. The molecule has 1 unspecified atom stereocenters. The van der Waals surface area contributed by atoms with E-state index in [2.05, 4.69) is 5.32 Å². The Morgan fingerprint density at radius 3 is 2.72 bits per heavy atom. The van der Waals surface area contributed by atoms with Crippen LogP contribution < -0.4 is 14.8 Å². The van der Waals surface area contributed by atoms with Gasteiger partial charge in [-0.05, 0) is 36.8 Å². The largest absolute Gasteiger partial charge is 0.486 e. The Morgan fingerprint density at radius 2 is 1.96 bits per heavy atom. The zero-order chi connectivity index (χ0) is 17.8. The van der Waals surface area contributed by atoms with Crippen molar-refractivity contribution in [2.45, 2.75) is 19.5 Å². The van der Waals surface area contributed by atoms with E-state index >= 15 is 0 Å². The number of amides is 1. The monoisotopic (exact) mass is 344 g/mol. The third-order valence-electron chi connectivity index (χ3n) is 3.98. The number of anilines is 1. The molecule has 25 heavy (non-hydrogen) atoms. The molecule has 5 nitrogen and oxygen atoms in total. The lowest BCUT2D eigenvalue weighted by Gasteiger charge is -2.24. The second-order valence-electron chi connectivity index (χ2n) is 6.05. The number of rotatable bonds is 5. The van der Waals surface area contributed by atoms with Crippen LogP contribution in [0.5, 0.6) is 11.5 Å². The molecule has 3 rings (SSSR count).